The standard InChI is InChI=1S/C13H16N4S/c1-9-8-15-13(14-2)17-12(9)16-10-6-4-5-7-11(10)18-3/h4-8H,1-3H3,(H2,14,15,16,17). The van der Waals surface area contributed by atoms with Crippen LogP contribution < -0.4 is 10.6 Å². The lowest BCUT2D eigenvalue weighted by molar-refractivity contribution is 1.12. The molecule has 0 radical (unpaired) electrons. The first-order valence-electron chi connectivity index (χ1n) is 5.66. The molecule has 0 unspecified atom stereocenters. The lowest BCUT2D eigenvalue weighted by Gasteiger charge is -2.12. The second-order valence-corrected chi connectivity index (χ2v) is 4.65. The van der Waals surface area contributed by atoms with E-state index < -0.39 is 0 Å². The zero-order valence-corrected chi connectivity index (χ0v) is 11.5. The van der Waals surface area contributed by atoms with Gasteiger partial charge in [-0.1, -0.05) is 12.1 Å². The molecule has 2 rings (SSSR count). The van der Waals surface area contributed by atoms with Crippen molar-refractivity contribution < 1.29 is 0 Å². The summed E-state index contributed by atoms with van der Waals surface area (Å²) in [5.41, 5.74) is 2.08. The molecule has 4 nitrogen and oxygen atoms in total. The molecule has 2 N–H and O–H groups in total. The third kappa shape index (κ3) is 2.73. The first kappa shape index (κ1) is 12.7. The van der Waals surface area contributed by atoms with Crippen LogP contribution in [0.15, 0.2) is 35.4 Å². The van der Waals surface area contributed by atoms with Gasteiger partial charge in [-0.25, -0.2) is 4.98 Å². The molecule has 0 aliphatic carbocycles. The van der Waals surface area contributed by atoms with E-state index in [-0.39, 0.29) is 0 Å². The Morgan fingerprint density at radius 3 is 2.72 bits per heavy atom. The fourth-order valence-electron chi connectivity index (χ4n) is 1.56. The molecule has 0 aliphatic rings. The van der Waals surface area contributed by atoms with E-state index >= 15 is 0 Å². The van der Waals surface area contributed by atoms with E-state index in [1.807, 2.05) is 38.4 Å². The minimum atomic E-state index is 0.615. The smallest absolute Gasteiger partial charge is 0.224 e. The zero-order chi connectivity index (χ0) is 13.0. The summed E-state index contributed by atoms with van der Waals surface area (Å²) < 4.78 is 0. The van der Waals surface area contributed by atoms with Crippen LogP contribution in [0.5, 0.6) is 0 Å². The largest absolute Gasteiger partial charge is 0.357 e. The Morgan fingerprint density at radius 1 is 1.22 bits per heavy atom. The van der Waals surface area contributed by atoms with Crippen molar-refractivity contribution in [2.45, 2.75) is 11.8 Å². The van der Waals surface area contributed by atoms with E-state index in [0.29, 0.717) is 5.95 Å². The number of para-hydroxylation sites is 1. The number of nitrogens with one attached hydrogen (secondary N) is 2. The summed E-state index contributed by atoms with van der Waals surface area (Å²) in [6.07, 6.45) is 3.87. The second-order valence-electron chi connectivity index (χ2n) is 3.80. The lowest BCUT2D eigenvalue weighted by Crippen LogP contribution is -2.02. The van der Waals surface area contributed by atoms with Crippen LogP contribution in [0.3, 0.4) is 0 Å². The maximum absolute atomic E-state index is 4.42. The van der Waals surface area contributed by atoms with Gasteiger partial charge in [-0.15, -0.1) is 11.8 Å². The Hall–Kier alpha value is -1.75. The Balaban J connectivity index is 2.33. The SMILES string of the molecule is CNc1ncc(C)c(Nc2ccccc2SC)n1. The van der Waals surface area contributed by atoms with Crippen molar-refractivity contribution >= 4 is 29.2 Å². The quantitative estimate of drug-likeness (QED) is 0.826. The van der Waals surface area contributed by atoms with Crippen LogP contribution in [0.1, 0.15) is 5.56 Å². The highest BCUT2D eigenvalue weighted by molar-refractivity contribution is 7.98. The number of anilines is 3. The molecule has 1 heterocycles. The van der Waals surface area contributed by atoms with Crippen LogP contribution in [0, 0.1) is 6.92 Å². The number of aromatic nitrogens is 2. The van der Waals surface area contributed by atoms with E-state index in [1.54, 1.807) is 11.8 Å². The van der Waals surface area contributed by atoms with Gasteiger partial charge in [-0.05, 0) is 25.3 Å². The normalized spacial score (nSPS) is 10.2. The molecule has 1 aromatic carbocycles. The van der Waals surface area contributed by atoms with Gasteiger partial charge in [0.15, 0.2) is 0 Å². The van der Waals surface area contributed by atoms with Crippen LogP contribution in [-0.2, 0) is 0 Å². The summed E-state index contributed by atoms with van der Waals surface area (Å²) in [6.45, 7) is 1.99. The molecule has 0 spiro atoms. The van der Waals surface area contributed by atoms with Gasteiger partial charge >= 0.3 is 0 Å². The van der Waals surface area contributed by atoms with Gasteiger partial charge < -0.3 is 10.6 Å². The Kier molecular flexibility index (Phi) is 4.04. The highest BCUT2D eigenvalue weighted by atomic mass is 32.2. The maximum atomic E-state index is 4.42. The van der Waals surface area contributed by atoms with Crippen LogP contribution >= 0.6 is 11.8 Å². The van der Waals surface area contributed by atoms with Crippen molar-refractivity contribution in [3.63, 3.8) is 0 Å². The number of nitrogens with zero attached hydrogens (tertiary/aromatic N) is 2. The Morgan fingerprint density at radius 2 is 2.00 bits per heavy atom. The summed E-state index contributed by atoms with van der Waals surface area (Å²) in [4.78, 5) is 9.79. The average molecular weight is 260 g/mol. The molecule has 0 fully saturated rings. The van der Waals surface area contributed by atoms with Crippen molar-refractivity contribution in [3.8, 4) is 0 Å². The van der Waals surface area contributed by atoms with Gasteiger partial charge in [0.25, 0.3) is 0 Å². The molecule has 18 heavy (non-hydrogen) atoms. The van der Waals surface area contributed by atoms with Gasteiger partial charge in [0, 0.05) is 23.7 Å². The van der Waals surface area contributed by atoms with Gasteiger partial charge in [0.05, 0.1) is 5.69 Å². The maximum Gasteiger partial charge on any atom is 0.224 e. The minimum absolute atomic E-state index is 0.615. The Labute approximate surface area is 111 Å². The van der Waals surface area contributed by atoms with Crippen LogP contribution in [0.25, 0.3) is 0 Å². The van der Waals surface area contributed by atoms with Crippen LogP contribution in [0.2, 0.25) is 0 Å². The van der Waals surface area contributed by atoms with Gasteiger partial charge in [-0.2, -0.15) is 4.98 Å². The molecular weight excluding hydrogens is 244 g/mol. The number of hydrogen-bond acceptors (Lipinski definition) is 5. The molecule has 5 heteroatoms. The van der Waals surface area contributed by atoms with E-state index in [2.05, 4.69) is 32.9 Å². The summed E-state index contributed by atoms with van der Waals surface area (Å²) in [6, 6.07) is 8.18. The summed E-state index contributed by atoms with van der Waals surface area (Å²) in [5.74, 6) is 1.44. The molecule has 0 saturated carbocycles. The van der Waals surface area contributed by atoms with E-state index in [0.717, 1.165) is 17.1 Å². The zero-order valence-electron chi connectivity index (χ0n) is 10.7. The summed E-state index contributed by atoms with van der Waals surface area (Å²) in [5, 5.41) is 6.30. The van der Waals surface area contributed by atoms with Crippen molar-refractivity contribution in [1.29, 1.82) is 0 Å². The van der Waals surface area contributed by atoms with Gasteiger partial charge in [0.1, 0.15) is 5.82 Å². The third-order valence-corrected chi connectivity index (χ3v) is 3.35. The number of aryl methyl sites for hydroxylation is 1. The summed E-state index contributed by atoms with van der Waals surface area (Å²) >= 11 is 1.71. The molecule has 94 valence electrons. The van der Waals surface area contributed by atoms with Crippen LogP contribution in [-0.4, -0.2) is 23.3 Å². The van der Waals surface area contributed by atoms with E-state index in [1.165, 1.54) is 4.90 Å². The van der Waals surface area contributed by atoms with Crippen molar-refractivity contribution in [2.24, 2.45) is 0 Å². The number of thioether (sulfide) groups is 1. The number of rotatable bonds is 4. The molecule has 0 atom stereocenters. The van der Waals surface area contributed by atoms with E-state index in [9.17, 15) is 0 Å². The van der Waals surface area contributed by atoms with Crippen molar-refractivity contribution in [2.75, 3.05) is 23.9 Å². The van der Waals surface area contributed by atoms with Gasteiger partial charge in [0.2, 0.25) is 5.95 Å². The molecule has 0 saturated heterocycles. The second kappa shape index (κ2) is 5.73. The fraction of sp³-hybridized carbons (Fsp3) is 0.231. The third-order valence-electron chi connectivity index (χ3n) is 2.56. The fourth-order valence-corrected chi connectivity index (χ4v) is 2.12. The molecular formula is C13H16N4S. The molecule has 0 aliphatic heterocycles. The monoisotopic (exact) mass is 260 g/mol. The van der Waals surface area contributed by atoms with E-state index in [4.69, 9.17) is 0 Å². The Bertz CT molecular complexity index is 542. The lowest BCUT2D eigenvalue weighted by atomic mass is 10.3. The average Bonchev–Trinajstić information content (AvgIpc) is 2.42. The highest BCUT2D eigenvalue weighted by Crippen LogP contribution is 2.28. The van der Waals surface area contributed by atoms with Crippen LogP contribution in [0.4, 0.5) is 17.5 Å². The first-order valence-corrected chi connectivity index (χ1v) is 6.88. The topological polar surface area (TPSA) is 49.8 Å². The molecule has 0 bridgehead atoms. The number of benzene rings is 1. The minimum Gasteiger partial charge on any atom is -0.357 e. The summed E-state index contributed by atoms with van der Waals surface area (Å²) in [7, 11) is 1.81. The molecule has 2 aromatic rings. The van der Waals surface area contributed by atoms with Gasteiger partial charge in [-0.3, -0.25) is 0 Å². The predicted octanol–water partition coefficient (Wildman–Crippen LogP) is 3.29. The molecule has 0 amide bonds. The first-order chi connectivity index (χ1) is 8.74. The highest BCUT2D eigenvalue weighted by Gasteiger charge is 2.06. The molecule has 1 aromatic heterocycles. The predicted molar refractivity (Wildman–Crippen MR) is 77.8 cm³/mol. The van der Waals surface area contributed by atoms with Crippen molar-refractivity contribution in [1.82, 2.24) is 9.97 Å². The number of hydrogen-bond donors (Lipinski definition) is 2. The van der Waals surface area contributed by atoms with Crippen molar-refractivity contribution in [3.05, 3.63) is 36.0 Å².